The van der Waals surface area contributed by atoms with Crippen LogP contribution in [-0.2, 0) is 4.79 Å². The number of anilines is 1. The van der Waals surface area contributed by atoms with Crippen LogP contribution in [0.3, 0.4) is 0 Å². The predicted octanol–water partition coefficient (Wildman–Crippen LogP) is 4.98. The number of amidine groups is 1. The van der Waals surface area contributed by atoms with Gasteiger partial charge >= 0.3 is 0 Å². The highest BCUT2D eigenvalue weighted by molar-refractivity contribution is 6.33. The van der Waals surface area contributed by atoms with Crippen molar-refractivity contribution in [1.82, 2.24) is 0 Å². The normalized spacial score (nSPS) is 15.0. The van der Waals surface area contributed by atoms with Gasteiger partial charge in [-0.25, -0.2) is 9.38 Å². The Morgan fingerprint density at radius 2 is 1.76 bits per heavy atom. The van der Waals surface area contributed by atoms with Crippen LogP contribution >= 0.6 is 0 Å². The van der Waals surface area contributed by atoms with Crippen molar-refractivity contribution in [3.05, 3.63) is 101 Å². The Kier molecular flexibility index (Phi) is 4.96. The molecule has 4 rings (SSSR count). The van der Waals surface area contributed by atoms with Gasteiger partial charge in [0.25, 0.3) is 5.91 Å². The largest absolute Gasteiger partial charge is 0.497 e. The molecule has 1 aliphatic heterocycles. The third-order valence-electron chi connectivity index (χ3n) is 4.67. The molecule has 3 aromatic carbocycles. The number of hydrogen-bond donors (Lipinski definition) is 0. The van der Waals surface area contributed by atoms with Crippen LogP contribution in [0, 0.1) is 12.7 Å². The molecule has 3 aromatic rings. The van der Waals surface area contributed by atoms with Crippen LogP contribution < -0.4 is 9.64 Å². The summed E-state index contributed by atoms with van der Waals surface area (Å²) >= 11 is 0. The predicted molar refractivity (Wildman–Crippen MR) is 113 cm³/mol. The summed E-state index contributed by atoms with van der Waals surface area (Å²) in [5.74, 6) is 0.501. The summed E-state index contributed by atoms with van der Waals surface area (Å²) in [5, 5.41) is 0. The summed E-state index contributed by atoms with van der Waals surface area (Å²) in [6, 6.07) is 21.3. The quantitative estimate of drug-likeness (QED) is 0.594. The van der Waals surface area contributed by atoms with Gasteiger partial charge in [-0.1, -0.05) is 30.3 Å². The summed E-state index contributed by atoms with van der Waals surface area (Å²) in [6.07, 6.45) is 1.48. The molecule has 0 bridgehead atoms. The van der Waals surface area contributed by atoms with E-state index in [1.165, 1.54) is 12.1 Å². The van der Waals surface area contributed by atoms with Crippen molar-refractivity contribution >= 4 is 23.5 Å². The zero-order chi connectivity index (χ0) is 20.4. The Labute approximate surface area is 168 Å². The molecule has 1 heterocycles. The molecule has 1 amide bonds. The smallest absolute Gasteiger partial charge is 0.282 e. The second-order valence-corrected chi connectivity index (χ2v) is 6.69. The monoisotopic (exact) mass is 386 g/mol. The van der Waals surface area contributed by atoms with Gasteiger partial charge in [0, 0.05) is 11.1 Å². The molecule has 4 nitrogen and oxygen atoms in total. The van der Waals surface area contributed by atoms with Gasteiger partial charge < -0.3 is 4.74 Å². The number of aryl methyl sites for hydroxylation is 1. The van der Waals surface area contributed by atoms with E-state index in [1.807, 2.05) is 55.5 Å². The summed E-state index contributed by atoms with van der Waals surface area (Å²) in [7, 11) is 1.60. The maximum atomic E-state index is 14.1. The molecule has 29 heavy (non-hydrogen) atoms. The molecule has 0 unspecified atom stereocenters. The van der Waals surface area contributed by atoms with Crippen molar-refractivity contribution in [1.29, 1.82) is 0 Å². The number of methoxy groups -OCH3 is 1. The number of nitrogens with zero attached hydrogens (tertiary/aromatic N) is 2. The lowest BCUT2D eigenvalue weighted by Gasteiger charge is -2.19. The van der Waals surface area contributed by atoms with Crippen molar-refractivity contribution in [2.45, 2.75) is 6.92 Å². The average molecular weight is 386 g/mol. The highest BCUT2D eigenvalue weighted by Crippen LogP contribution is 2.29. The number of rotatable bonds is 4. The number of carbonyl (C=O) groups excluding carboxylic acids is 1. The first-order valence-corrected chi connectivity index (χ1v) is 9.17. The second kappa shape index (κ2) is 7.72. The van der Waals surface area contributed by atoms with Crippen LogP contribution in [0.4, 0.5) is 10.1 Å². The van der Waals surface area contributed by atoms with Crippen molar-refractivity contribution < 1.29 is 13.9 Å². The van der Waals surface area contributed by atoms with E-state index >= 15 is 0 Å². The zero-order valence-corrected chi connectivity index (χ0v) is 16.1. The minimum absolute atomic E-state index is 0.183. The Bertz CT molecular complexity index is 1130. The van der Waals surface area contributed by atoms with Crippen molar-refractivity contribution in [2.24, 2.45) is 4.99 Å². The van der Waals surface area contributed by atoms with E-state index in [4.69, 9.17) is 4.74 Å². The first-order valence-electron chi connectivity index (χ1n) is 9.17. The van der Waals surface area contributed by atoms with Crippen LogP contribution in [-0.4, -0.2) is 18.9 Å². The molecule has 0 N–H and O–H groups in total. The molecular weight excluding hydrogens is 367 g/mol. The Hall–Kier alpha value is -3.73. The van der Waals surface area contributed by atoms with Gasteiger partial charge in [-0.3, -0.25) is 9.69 Å². The molecule has 5 heteroatoms. The van der Waals surface area contributed by atoms with Gasteiger partial charge in [0.15, 0.2) is 0 Å². The maximum absolute atomic E-state index is 14.1. The first-order chi connectivity index (χ1) is 14.1. The zero-order valence-electron chi connectivity index (χ0n) is 16.1. The van der Waals surface area contributed by atoms with Gasteiger partial charge in [0.1, 0.15) is 23.1 Å². The fourth-order valence-electron chi connectivity index (χ4n) is 3.20. The molecular formula is C24H19FN2O2. The molecule has 0 saturated carbocycles. The number of benzene rings is 3. The lowest BCUT2D eigenvalue weighted by Crippen LogP contribution is -2.32. The van der Waals surface area contributed by atoms with E-state index in [9.17, 15) is 9.18 Å². The third kappa shape index (κ3) is 3.67. The van der Waals surface area contributed by atoms with Crippen molar-refractivity contribution in [2.75, 3.05) is 12.0 Å². The van der Waals surface area contributed by atoms with E-state index < -0.39 is 5.82 Å². The average Bonchev–Trinajstić information content (AvgIpc) is 3.06. The van der Waals surface area contributed by atoms with Crippen LogP contribution in [0.1, 0.15) is 16.7 Å². The van der Waals surface area contributed by atoms with E-state index in [-0.39, 0.29) is 11.6 Å². The number of halogens is 1. The molecule has 0 aromatic heterocycles. The SMILES string of the molecule is COc1ccc(C2=N/C(=C/c3ccccc3F)C(=O)N2c2cccc(C)c2)cc1. The minimum Gasteiger partial charge on any atom is -0.497 e. The van der Waals surface area contributed by atoms with E-state index in [0.717, 1.165) is 11.1 Å². The first kappa shape index (κ1) is 18.6. The Morgan fingerprint density at radius 3 is 2.45 bits per heavy atom. The number of aliphatic imine (C=N–C) groups is 1. The van der Waals surface area contributed by atoms with Crippen LogP contribution in [0.15, 0.2) is 83.5 Å². The van der Waals surface area contributed by atoms with E-state index in [1.54, 1.807) is 30.2 Å². The number of carbonyl (C=O) groups is 1. The van der Waals surface area contributed by atoms with Crippen molar-refractivity contribution in [3.8, 4) is 5.75 Å². The second-order valence-electron chi connectivity index (χ2n) is 6.69. The highest BCUT2D eigenvalue weighted by Gasteiger charge is 2.32. The molecule has 0 fully saturated rings. The molecule has 0 radical (unpaired) electrons. The van der Waals surface area contributed by atoms with Gasteiger partial charge in [0.05, 0.1) is 12.8 Å². The molecule has 0 aliphatic carbocycles. The summed E-state index contributed by atoms with van der Waals surface area (Å²) in [5.41, 5.74) is 3.00. The topological polar surface area (TPSA) is 41.9 Å². The number of ether oxygens (including phenoxy) is 1. The number of amides is 1. The maximum Gasteiger partial charge on any atom is 0.282 e. The van der Waals surface area contributed by atoms with Gasteiger partial charge in [-0.15, -0.1) is 0 Å². The summed E-state index contributed by atoms with van der Waals surface area (Å²) in [4.78, 5) is 19.4. The Balaban J connectivity index is 1.84. The van der Waals surface area contributed by atoms with Crippen LogP contribution in [0.2, 0.25) is 0 Å². The minimum atomic E-state index is -0.400. The fourth-order valence-corrected chi connectivity index (χ4v) is 3.20. The Morgan fingerprint density at radius 1 is 1.00 bits per heavy atom. The summed E-state index contributed by atoms with van der Waals surface area (Å²) < 4.78 is 19.3. The highest BCUT2D eigenvalue weighted by atomic mass is 19.1. The standard InChI is InChI=1S/C24H19FN2O2/c1-16-6-5-8-19(14-16)27-23(17-10-12-20(29-2)13-11-17)26-22(24(27)28)15-18-7-3-4-9-21(18)25/h3-15H,1-2H3/b22-15+. The molecule has 0 saturated heterocycles. The lowest BCUT2D eigenvalue weighted by molar-refractivity contribution is -0.113. The van der Waals surface area contributed by atoms with E-state index in [2.05, 4.69) is 4.99 Å². The molecule has 0 spiro atoms. The van der Waals surface area contributed by atoms with Gasteiger partial charge in [-0.2, -0.15) is 0 Å². The third-order valence-corrected chi connectivity index (χ3v) is 4.67. The molecule has 0 atom stereocenters. The lowest BCUT2D eigenvalue weighted by atomic mass is 10.1. The van der Waals surface area contributed by atoms with E-state index in [0.29, 0.717) is 22.8 Å². The number of hydrogen-bond acceptors (Lipinski definition) is 3. The summed E-state index contributed by atoms with van der Waals surface area (Å²) in [6.45, 7) is 1.96. The van der Waals surface area contributed by atoms with Crippen molar-refractivity contribution in [3.63, 3.8) is 0 Å². The van der Waals surface area contributed by atoms with Crippen LogP contribution in [0.25, 0.3) is 6.08 Å². The molecule has 144 valence electrons. The van der Waals surface area contributed by atoms with Gasteiger partial charge in [0.2, 0.25) is 0 Å². The fraction of sp³-hybridized carbons (Fsp3) is 0.0833. The van der Waals surface area contributed by atoms with Crippen LogP contribution in [0.5, 0.6) is 5.75 Å². The van der Waals surface area contributed by atoms with Gasteiger partial charge in [-0.05, 0) is 61.0 Å². The molecule has 1 aliphatic rings.